The molecule has 1 rings (SSSR count). The van der Waals surface area contributed by atoms with E-state index in [0.717, 1.165) is 22.8 Å². The first kappa shape index (κ1) is 14.6. The van der Waals surface area contributed by atoms with E-state index >= 15 is 0 Å². The Bertz CT molecular complexity index is 350. The minimum atomic E-state index is -0.149. The van der Waals surface area contributed by atoms with Crippen LogP contribution in [-0.4, -0.2) is 19.8 Å². The monoisotopic (exact) mass is 253 g/mol. The highest BCUT2D eigenvalue weighted by Crippen LogP contribution is 2.37. The topological polar surface area (TPSA) is 53.7 Å². The van der Waals surface area contributed by atoms with Gasteiger partial charge in [0, 0.05) is 18.2 Å². The Morgan fingerprint density at radius 1 is 0.944 bits per heavy atom. The maximum Gasteiger partial charge on any atom is 0.131 e. The van der Waals surface area contributed by atoms with Crippen molar-refractivity contribution >= 4 is 0 Å². The summed E-state index contributed by atoms with van der Waals surface area (Å²) in [5, 5.41) is 0. The van der Waals surface area contributed by atoms with E-state index in [2.05, 4.69) is 0 Å². The largest absolute Gasteiger partial charge is 0.494 e. The molecule has 1 aromatic rings. The minimum absolute atomic E-state index is 0.149. The second-order valence-corrected chi connectivity index (χ2v) is 3.92. The molecule has 0 spiro atoms. The fourth-order valence-corrected chi connectivity index (χ4v) is 1.83. The van der Waals surface area contributed by atoms with Gasteiger partial charge in [0.1, 0.15) is 17.2 Å². The third kappa shape index (κ3) is 3.53. The summed E-state index contributed by atoms with van der Waals surface area (Å²) in [5.41, 5.74) is 6.89. The molecule has 0 aromatic heterocycles. The number of ether oxygens (including phenoxy) is 3. The Kier molecular flexibility index (Phi) is 5.78. The Hall–Kier alpha value is -1.42. The number of hydrogen-bond donors (Lipinski definition) is 1. The van der Waals surface area contributed by atoms with Crippen LogP contribution in [0.4, 0.5) is 0 Å². The predicted octanol–water partition coefficient (Wildman–Crippen LogP) is 2.90. The van der Waals surface area contributed by atoms with E-state index in [1.165, 1.54) is 0 Å². The maximum atomic E-state index is 6.00. The zero-order valence-corrected chi connectivity index (χ0v) is 11.7. The lowest BCUT2D eigenvalue weighted by molar-refractivity contribution is 0.300. The van der Waals surface area contributed by atoms with Crippen molar-refractivity contribution in [2.24, 2.45) is 5.73 Å². The van der Waals surface area contributed by atoms with E-state index in [1.54, 1.807) is 0 Å². The van der Waals surface area contributed by atoms with Crippen LogP contribution in [0.15, 0.2) is 12.1 Å². The molecule has 0 amide bonds. The first-order valence-corrected chi connectivity index (χ1v) is 6.45. The summed E-state index contributed by atoms with van der Waals surface area (Å²) in [6, 6.07) is 3.59. The SMILES string of the molecule is CCOc1cc(OCC)c(C(C)N)c(OCC)c1. The molecule has 4 nitrogen and oxygen atoms in total. The van der Waals surface area contributed by atoms with Crippen LogP contribution in [0, 0.1) is 0 Å². The summed E-state index contributed by atoms with van der Waals surface area (Å²) in [5.74, 6) is 2.22. The van der Waals surface area contributed by atoms with Gasteiger partial charge in [-0.3, -0.25) is 0 Å². The summed E-state index contributed by atoms with van der Waals surface area (Å²) >= 11 is 0. The summed E-state index contributed by atoms with van der Waals surface area (Å²) in [4.78, 5) is 0. The Balaban J connectivity index is 3.24. The van der Waals surface area contributed by atoms with Gasteiger partial charge in [0.05, 0.1) is 25.4 Å². The Morgan fingerprint density at radius 2 is 1.39 bits per heavy atom. The van der Waals surface area contributed by atoms with Crippen molar-refractivity contribution in [1.82, 2.24) is 0 Å². The third-order valence-electron chi connectivity index (χ3n) is 2.44. The summed E-state index contributed by atoms with van der Waals surface area (Å²) in [6.45, 7) is 9.52. The maximum absolute atomic E-state index is 6.00. The Labute approximate surface area is 109 Å². The molecule has 1 atom stereocenters. The van der Waals surface area contributed by atoms with Gasteiger partial charge in [0.2, 0.25) is 0 Å². The molecule has 0 aliphatic rings. The predicted molar refractivity (Wildman–Crippen MR) is 72.6 cm³/mol. The zero-order valence-electron chi connectivity index (χ0n) is 11.7. The molecule has 0 bridgehead atoms. The normalized spacial score (nSPS) is 12.1. The molecule has 4 heteroatoms. The van der Waals surface area contributed by atoms with E-state index in [4.69, 9.17) is 19.9 Å². The molecule has 2 N–H and O–H groups in total. The number of rotatable bonds is 7. The molecule has 0 heterocycles. The number of nitrogens with two attached hydrogens (primary N) is 1. The van der Waals surface area contributed by atoms with Crippen molar-refractivity contribution in [3.05, 3.63) is 17.7 Å². The van der Waals surface area contributed by atoms with Crippen molar-refractivity contribution in [3.8, 4) is 17.2 Å². The lowest BCUT2D eigenvalue weighted by atomic mass is 10.1. The zero-order chi connectivity index (χ0) is 13.5. The van der Waals surface area contributed by atoms with Gasteiger partial charge in [-0.05, 0) is 27.7 Å². The second kappa shape index (κ2) is 7.11. The van der Waals surface area contributed by atoms with E-state index < -0.39 is 0 Å². The molecule has 18 heavy (non-hydrogen) atoms. The van der Waals surface area contributed by atoms with Gasteiger partial charge in [-0.15, -0.1) is 0 Å². The molecule has 0 saturated carbocycles. The lowest BCUT2D eigenvalue weighted by Crippen LogP contribution is -2.11. The first-order chi connectivity index (χ1) is 8.63. The lowest BCUT2D eigenvalue weighted by Gasteiger charge is -2.19. The average molecular weight is 253 g/mol. The van der Waals surface area contributed by atoms with Gasteiger partial charge >= 0.3 is 0 Å². The van der Waals surface area contributed by atoms with Crippen LogP contribution in [0.2, 0.25) is 0 Å². The molecule has 1 unspecified atom stereocenters. The molecule has 0 saturated heterocycles. The van der Waals surface area contributed by atoms with Crippen LogP contribution in [-0.2, 0) is 0 Å². The highest BCUT2D eigenvalue weighted by Gasteiger charge is 2.17. The summed E-state index contributed by atoms with van der Waals surface area (Å²) in [6.07, 6.45) is 0. The van der Waals surface area contributed by atoms with Gasteiger partial charge in [0.15, 0.2) is 0 Å². The summed E-state index contributed by atoms with van der Waals surface area (Å²) < 4.78 is 16.8. The van der Waals surface area contributed by atoms with Crippen LogP contribution >= 0.6 is 0 Å². The molecule has 1 aromatic carbocycles. The quantitative estimate of drug-likeness (QED) is 0.811. The molecule has 102 valence electrons. The first-order valence-electron chi connectivity index (χ1n) is 6.45. The second-order valence-electron chi connectivity index (χ2n) is 3.92. The van der Waals surface area contributed by atoms with Crippen LogP contribution in [0.5, 0.6) is 17.2 Å². The number of benzene rings is 1. The fraction of sp³-hybridized carbons (Fsp3) is 0.571. The molecular weight excluding hydrogens is 230 g/mol. The molecule has 0 aliphatic heterocycles. The van der Waals surface area contributed by atoms with Crippen molar-refractivity contribution in [2.45, 2.75) is 33.7 Å². The van der Waals surface area contributed by atoms with Gasteiger partial charge < -0.3 is 19.9 Å². The van der Waals surface area contributed by atoms with E-state index in [1.807, 2.05) is 39.8 Å². The average Bonchev–Trinajstić information content (AvgIpc) is 2.29. The van der Waals surface area contributed by atoms with Crippen LogP contribution in [0.1, 0.15) is 39.3 Å². The highest BCUT2D eigenvalue weighted by atomic mass is 16.5. The molecule has 0 fully saturated rings. The summed E-state index contributed by atoms with van der Waals surface area (Å²) in [7, 11) is 0. The van der Waals surface area contributed by atoms with Crippen molar-refractivity contribution in [3.63, 3.8) is 0 Å². The number of hydrogen-bond acceptors (Lipinski definition) is 4. The van der Waals surface area contributed by atoms with Gasteiger partial charge in [0.25, 0.3) is 0 Å². The standard InChI is InChI=1S/C14H23NO3/c1-5-16-11-8-12(17-6-2)14(10(4)15)13(9-11)18-7-3/h8-10H,5-7,15H2,1-4H3. The van der Waals surface area contributed by atoms with Crippen molar-refractivity contribution < 1.29 is 14.2 Å². The third-order valence-corrected chi connectivity index (χ3v) is 2.44. The van der Waals surface area contributed by atoms with E-state index in [0.29, 0.717) is 19.8 Å². The molecule has 0 radical (unpaired) electrons. The van der Waals surface area contributed by atoms with E-state index in [-0.39, 0.29) is 6.04 Å². The Morgan fingerprint density at radius 3 is 1.72 bits per heavy atom. The van der Waals surface area contributed by atoms with Gasteiger partial charge in [-0.2, -0.15) is 0 Å². The molecular formula is C14H23NO3. The van der Waals surface area contributed by atoms with Crippen molar-refractivity contribution in [1.29, 1.82) is 0 Å². The smallest absolute Gasteiger partial charge is 0.131 e. The highest BCUT2D eigenvalue weighted by molar-refractivity contribution is 5.52. The van der Waals surface area contributed by atoms with Gasteiger partial charge in [-0.25, -0.2) is 0 Å². The van der Waals surface area contributed by atoms with Crippen LogP contribution in [0.3, 0.4) is 0 Å². The van der Waals surface area contributed by atoms with Gasteiger partial charge in [-0.1, -0.05) is 0 Å². The molecule has 0 aliphatic carbocycles. The van der Waals surface area contributed by atoms with Crippen LogP contribution in [0.25, 0.3) is 0 Å². The minimum Gasteiger partial charge on any atom is -0.494 e. The fourth-order valence-electron chi connectivity index (χ4n) is 1.83. The van der Waals surface area contributed by atoms with E-state index in [9.17, 15) is 0 Å². The van der Waals surface area contributed by atoms with Crippen molar-refractivity contribution in [2.75, 3.05) is 19.8 Å². The van der Waals surface area contributed by atoms with Crippen LogP contribution < -0.4 is 19.9 Å².